The summed E-state index contributed by atoms with van der Waals surface area (Å²) in [5, 5.41) is 2.85. The Hall–Kier alpha value is -2.53. The van der Waals surface area contributed by atoms with Crippen LogP contribution in [0, 0.1) is 0 Å². The van der Waals surface area contributed by atoms with Gasteiger partial charge in [-0.25, -0.2) is 8.78 Å². The third-order valence-electron chi connectivity index (χ3n) is 6.13. The Kier molecular flexibility index (Phi) is 6.45. The fourth-order valence-electron chi connectivity index (χ4n) is 4.52. The van der Waals surface area contributed by atoms with E-state index in [4.69, 9.17) is 0 Å². The number of aromatic nitrogens is 1. The zero-order valence-electron chi connectivity index (χ0n) is 18.2. The molecule has 180 valence electrons. The molecular weight excluding hydrogens is 445 g/mol. The van der Waals surface area contributed by atoms with Crippen LogP contribution in [-0.2, 0) is 11.0 Å². The molecule has 0 aliphatic carbocycles. The minimum atomic E-state index is -4.61. The number of anilines is 1. The largest absolute Gasteiger partial charge is 0.418 e. The van der Waals surface area contributed by atoms with Crippen molar-refractivity contribution >= 4 is 22.5 Å². The summed E-state index contributed by atoms with van der Waals surface area (Å²) in [5.74, 6) is -3.44. The summed E-state index contributed by atoms with van der Waals surface area (Å²) in [4.78, 5) is 21.8. The molecule has 2 aliphatic heterocycles. The van der Waals surface area contributed by atoms with Crippen LogP contribution >= 0.6 is 0 Å². The lowest BCUT2D eigenvalue weighted by Gasteiger charge is -2.40. The van der Waals surface area contributed by atoms with E-state index in [9.17, 15) is 26.7 Å². The highest BCUT2D eigenvalue weighted by Crippen LogP contribution is 2.39. The number of amides is 1. The first-order chi connectivity index (χ1) is 15.5. The number of likely N-dealkylation sites (N-methyl/N-ethyl adjacent to an activating group) is 1. The molecule has 1 aromatic carbocycles. The monoisotopic (exact) mass is 471 g/mol. The quantitative estimate of drug-likeness (QED) is 0.696. The van der Waals surface area contributed by atoms with Gasteiger partial charge in [0.25, 0.3) is 5.92 Å². The standard InChI is InChI=1S/C22H26F5N5O/c1-30-7-9-31(10-8-30)13-19(33)29-15-11-21(23,24)14-32(12-15)18-5-4-17(22(25,26)27)20-16(18)3-2-6-28-20/h2-6,15H,7-14H2,1H3,(H,29,33). The number of halogens is 5. The van der Waals surface area contributed by atoms with E-state index in [0.29, 0.717) is 0 Å². The second-order valence-corrected chi connectivity index (χ2v) is 8.81. The number of carbonyl (C=O) groups is 1. The maximum atomic E-state index is 14.6. The Morgan fingerprint density at radius 2 is 1.91 bits per heavy atom. The molecule has 1 atom stereocenters. The minimum Gasteiger partial charge on any atom is -0.363 e. The molecule has 0 saturated carbocycles. The summed E-state index contributed by atoms with van der Waals surface area (Å²) in [7, 11) is 2.00. The van der Waals surface area contributed by atoms with Crippen molar-refractivity contribution < 1.29 is 26.7 Å². The van der Waals surface area contributed by atoms with Crippen molar-refractivity contribution in [3.63, 3.8) is 0 Å². The fourth-order valence-corrected chi connectivity index (χ4v) is 4.52. The molecule has 3 heterocycles. The Bertz CT molecular complexity index is 1010. The van der Waals surface area contributed by atoms with Crippen LogP contribution in [0.4, 0.5) is 27.6 Å². The number of piperidine rings is 1. The number of fused-ring (bicyclic) bond motifs is 1. The molecule has 0 radical (unpaired) electrons. The van der Waals surface area contributed by atoms with Gasteiger partial charge in [-0.2, -0.15) is 13.2 Å². The third kappa shape index (κ3) is 5.52. The first-order valence-electron chi connectivity index (χ1n) is 10.8. The summed E-state index contributed by atoms with van der Waals surface area (Å²) < 4.78 is 69.4. The van der Waals surface area contributed by atoms with Crippen LogP contribution in [0.1, 0.15) is 12.0 Å². The predicted octanol–water partition coefficient (Wildman–Crippen LogP) is 2.83. The van der Waals surface area contributed by atoms with Gasteiger partial charge in [-0.15, -0.1) is 0 Å². The molecule has 2 aromatic rings. The van der Waals surface area contributed by atoms with Gasteiger partial charge in [-0.1, -0.05) is 0 Å². The van der Waals surface area contributed by atoms with E-state index in [1.54, 1.807) is 0 Å². The Balaban J connectivity index is 1.53. The van der Waals surface area contributed by atoms with E-state index in [0.717, 1.165) is 32.2 Å². The number of benzene rings is 1. The van der Waals surface area contributed by atoms with Crippen LogP contribution in [0.25, 0.3) is 10.9 Å². The lowest BCUT2D eigenvalue weighted by atomic mass is 9.99. The number of nitrogens with one attached hydrogen (secondary N) is 1. The van der Waals surface area contributed by atoms with Crippen molar-refractivity contribution in [2.75, 3.05) is 57.8 Å². The summed E-state index contributed by atoms with van der Waals surface area (Å²) in [6, 6.07) is 4.17. The molecule has 0 spiro atoms. The van der Waals surface area contributed by atoms with Crippen molar-refractivity contribution in [1.82, 2.24) is 20.1 Å². The summed E-state index contributed by atoms with van der Waals surface area (Å²) in [5.41, 5.74) is -0.960. The van der Waals surface area contributed by atoms with Gasteiger partial charge < -0.3 is 15.1 Å². The van der Waals surface area contributed by atoms with E-state index >= 15 is 0 Å². The molecule has 2 fully saturated rings. The normalized spacial score (nSPS) is 22.5. The van der Waals surface area contributed by atoms with E-state index in [-0.39, 0.29) is 35.6 Å². The third-order valence-corrected chi connectivity index (χ3v) is 6.13. The van der Waals surface area contributed by atoms with Crippen LogP contribution in [0.15, 0.2) is 30.5 Å². The first-order valence-corrected chi connectivity index (χ1v) is 10.8. The van der Waals surface area contributed by atoms with Gasteiger partial charge in [0.1, 0.15) is 0 Å². The van der Waals surface area contributed by atoms with Crippen LogP contribution < -0.4 is 10.2 Å². The molecule has 11 heteroatoms. The summed E-state index contributed by atoms with van der Waals surface area (Å²) in [6.07, 6.45) is -3.89. The van der Waals surface area contributed by atoms with Crippen molar-refractivity contribution in [3.05, 3.63) is 36.0 Å². The number of rotatable bonds is 4. The molecule has 1 amide bonds. The smallest absolute Gasteiger partial charge is 0.363 e. The average Bonchev–Trinajstić information content (AvgIpc) is 2.72. The molecule has 6 nitrogen and oxygen atoms in total. The highest BCUT2D eigenvalue weighted by atomic mass is 19.4. The van der Waals surface area contributed by atoms with Gasteiger partial charge in [0.15, 0.2) is 0 Å². The van der Waals surface area contributed by atoms with Crippen LogP contribution in [-0.4, -0.2) is 85.5 Å². The molecule has 0 bridgehead atoms. The van der Waals surface area contributed by atoms with Crippen molar-refractivity contribution in [1.29, 1.82) is 0 Å². The van der Waals surface area contributed by atoms with Gasteiger partial charge >= 0.3 is 6.18 Å². The van der Waals surface area contributed by atoms with Crippen molar-refractivity contribution in [2.24, 2.45) is 0 Å². The number of hydrogen-bond acceptors (Lipinski definition) is 5. The van der Waals surface area contributed by atoms with Crippen LogP contribution in [0.3, 0.4) is 0 Å². The predicted molar refractivity (Wildman–Crippen MR) is 114 cm³/mol. The molecule has 33 heavy (non-hydrogen) atoms. The molecule has 1 aromatic heterocycles. The van der Waals surface area contributed by atoms with Gasteiger partial charge in [0, 0.05) is 56.4 Å². The lowest BCUT2D eigenvalue weighted by molar-refractivity contribution is -0.136. The molecular formula is C22H26F5N5O. The van der Waals surface area contributed by atoms with Gasteiger partial charge in [-0.05, 0) is 31.3 Å². The maximum absolute atomic E-state index is 14.6. The maximum Gasteiger partial charge on any atom is 0.418 e. The number of pyridine rings is 1. The van der Waals surface area contributed by atoms with Crippen LogP contribution in [0.5, 0.6) is 0 Å². The zero-order chi connectivity index (χ0) is 23.8. The topological polar surface area (TPSA) is 51.7 Å². The number of alkyl halides is 5. The Morgan fingerprint density at radius 3 is 2.61 bits per heavy atom. The van der Waals surface area contributed by atoms with Gasteiger partial charge in [0.05, 0.1) is 30.2 Å². The van der Waals surface area contributed by atoms with Crippen molar-refractivity contribution in [2.45, 2.75) is 24.6 Å². The minimum absolute atomic E-state index is 0.0689. The molecule has 1 unspecified atom stereocenters. The van der Waals surface area contributed by atoms with E-state index < -0.39 is 36.7 Å². The number of hydrogen-bond donors (Lipinski definition) is 1. The summed E-state index contributed by atoms with van der Waals surface area (Å²) in [6.45, 7) is 2.66. The SMILES string of the molecule is CN1CCN(CC(=O)NC2CN(c3ccc(C(F)(F)F)c4ncccc34)CC(F)(F)C2)CC1. The number of nitrogens with zero attached hydrogens (tertiary/aromatic N) is 4. The van der Waals surface area contributed by atoms with E-state index in [1.807, 2.05) is 11.9 Å². The number of piperazine rings is 1. The zero-order valence-corrected chi connectivity index (χ0v) is 18.2. The summed E-state index contributed by atoms with van der Waals surface area (Å²) >= 11 is 0. The van der Waals surface area contributed by atoms with Gasteiger partial charge in [-0.3, -0.25) is 14.7 Å². The molecule has 4 rings (SSSR count). The average molecular weight is 471 g/mol. The second kappa shape index (κ2) is 9.02. The van der Waals surface area contributed by atoms with Crippen LogP contribution in [0.2, 0.25) is 0 Å². The fraction of sp³-hybridized carbons (Fsp3) is 0.545. The lowest BCUT2D eigenvalue weighted by Crippen LogP contribution is -2.57. The van der Waals surface area contributed by atoms with Gasteiger partial charge in [0.2, 0.25) is 5.91 Å². The highest BCUT2D eigenvalue weighted by Gasteiger charge is 2.42. The van der Waals surface area contributed by atoms with E-state index in [1.165, 1.54) is 29.3 Å². The molecule has 2 saturated heterocycles. The molecule has 1 N–H and O–H groups in total. The first kappa shape index (κ1) is 23.6. The Labute approximate surface area is 188 Å². The highest BCUT2D eigenvalue weighted by molar-refractivity contribution is 5.94. The van der Waals surface area contributed by atoms with Crippen molar-refractivity contribution in [3.8, 4) is 0 Å². The molecule has 2 aliphatic rings. The second-order valence-electron chi connectivity index (χ2n) is 8.81. The Morgan fingerprint density at radius 1 is 1.18 bits per heavy atom. The number of carbonyl (C=O) groups excluding carboxylic acids is 1. The van der Waals surface area contributed by atoms with E-state index in [2.05, 4.69) is 15.2 Å².